The van der Waals surface area contributed by atoms with Crippen LogP contribution in [0.15, 0.2) is 12.1 Å². The number of rotatable bonds is 6. The van der Waals surface area contributed by atoms with E-state index in [1.54, 1.807) is 14.0 Å². The maximum absolute atomic E-state index is 13.4. The third kappa shape index (κ3) is 3.67. The van der Waals surface area contributed by atoms with Gasteiger partial charge in [0, 0.05) is 25.7 Å². The van der Waals surface area contributed by atoms with Crippen molar-refractivity contribution in [1.29, 1.82) is 0 Å². The molecule has 6 heteroatoms. The average Bonchev–Trinajstić information content (AvgIpc) is 2.28. The molecule has 1 aromatic carbocycles. The molecule has 17 heavy (non-hydrogen) atoms. The lowest BCUT2D eigenvalue weighted by molar-refractivity contribution is -0.385. The predicted molar refractivity (Wildman–Crippen MR) is 59.8 cm³/mol. The number of hydrogen-bond acceptors (Lipinski definition) is 4. The monoisotopic (exact) mass is 243 g/mol. The summed E-state index contributed by atoms with van der Waals surface area (Å²) in [7, 11) is 1.57. The van der Waals surface area contributed by atoms with Crippen molar-refractivity contribution < 1.29 is 18.8 Å². The lowest BCUT2D eigenvalue weighted by Gasteiger charge is -2.08. The van der Waals surface area contributed by atoms with Gasteiger partial charge in [0.2, 0.25) is 0 Å². The van der Waals surface area contributed by atoms with Gasteiger partial charge < -0.3 is 9.47 Å². The van der Waals surface area contributed by atoms with E-state index in [9.17, 15) is 14.5 Å². The molecule has 0 heterocycles. The van der Waals surface area contributed by atoms with Gasteiger partial charge in [-0.15, -0.1) is 0 Å². The van der Waals surface area contributed by atoms with E-state index < -0.39 is 10.7 Å². The van der Waals surface area contributed by atoms with Gasteiger partial charge in [-0.2, -0.15) is 0 Å². The van der Waals surface area contributed by atoms with Crippen LogP contribution in [0, 0.1) is 22.9 Å². The lowest BCUT2D eigenvalue weighted by Crippen LogP contribution is -2.03. The first-order valence-corrected chi connectivity index (χ1v) is 5.12. The van der Waals surface area contributed by atoms with Crippen molar-refractivity contribution in [2.24, 2.45) is 0 Å². The molecule has 0 aliphatic rings. The second kappa shape index (κ2) is 6.15. The van der Waals surface area contributed by atoms with Crippen LogP contribution in [0.3, 0.4) is 0 Å². The van der Waals surface area contributed by atoms with Crippen molar-refractivity contribution in [3.8, 4) is 5.75 Å². The van der Waals surface area contributed by atoms with Gasteiger partial charge in [0.1, 0.15) is 0 Å². The zero-order valence-corrected chi connectivity index (χ0v) is 9.73. The van der Waals surface area contributed by atoms with Crippen LogP contribution in [0.2, 0.25) is 0 Å². The molecule has 0 aromatic heterocycles. The molecule has 0 fully saturated rings. The van der Waals surface area contributed by atoms with Gasteiger partial charge in [-0.25, -0.2) is 4.39 Å². The van der Waals surface area contributed by atoms with Crippen LogP contribution < -0.4 is 4.74 Å². The summed E-state index contributed by atoms with van der Waals surface area (Å²) < 4.78 is 23.4. The van der Waals surface area contributed by atoms with E-state index in [-0.39, 0.29) is 11.4 Å². The van der Waals surface area contributed by atoms with Crippen LogP contribution in [0.5, 0.6) is 5.75 Å². The summed E-state index contributed by atoms with van der Waals surface area (Å²) in [6.45, 7) is 2.37. The Kier molecular flexibility index (Phi) is 4.84. The molecule has 0 radical (unpaired) electrons. The van der Waals surface area contributed by atoms with Crippen molar-refractivity contribution in [1.82, 2.24) is 0 Å². The molecule has 0 saturated carbocycles. The minimum atomic E-state index is -0.722. The van der Waals surface area contributed by atoms with Crippen LogP contribution in [0.25, 0.3) is 0 Å². The van der Waals surface area contributed by atoms with Gasteiger partial charge in [-0.05, 0) is 13.0 Å². The highest BCUT2D eigenvalue weighted by molar-refractivity contribution is 5.45. The van der Waals surface area contributed by atoms with E-state index in [1.165, 1.54) is 6.07 Å². The van der Waals surface area contributed by atoms with E-state index >= 15 is 0 Å². The molecule has 5 nitrogen and oxygen atoms in total. The van der Waals surface area contributed by atoms with Crippen LogP contribution in [-0.2, 0) is 4.74 Å². The first kappa shape index (κ1) is 13.4. The number of benzene rings is 1. The van der Waals surface area contributed by atoms with E-state index in [4.69, 9.17) is 9.47 Å². The Morgan fingerprint density at radius 2 is 2.12 bits per heavy atom. The van der Waals surface area contributed by atoms with Gasteiger partial charge in [-0.3, -0.25) is 10.1 Å². The van der Waals surface area contributed by atoms with Crippen molar-refractivity contribution in [2.45, 2.75) is 13.3 Å². The van der Waals surface area contributed by atoms with Gasteiger partial charge >= 0.3 is 0 Å². The summed E-state index contributed by atoms with van der Waals surface area (Å²) in [6.07, 6.45) is 0.631. The first-order chi connectivity index (χ1) is 8.06. The summed E-state index contributed by atoms with van der Waals surface area (Å²) >= 11 is 0. The fraction of sp³-hybridized carbons (Fsp3) is 0.455. The molecule has 0 aliphatic heterocycles. The zero-order chi connectivity index (χ0) is 12.8. The standard InChI is InChI=1S/C11H14FNO4/c1-8-6-11(17-5-3-4-16-2)9(12)7-10(8)13(14)15/h6-7H,3-5H2,1-2H3. The molecule has 0 saturated heterocycles. The molecule has 0 amide bonds. The minimum absolute atomic E-state index is 0.0317. The van der Waals surface area contributed by atoms with E-state index in [0.29, 0.717) is 25.2 Å². The molecular weight excluding hydrogens is 229 g/mol. The topological polar surface area (TPSA) is 61.6 Å². The Morgan fingerprint density at radius 3 is 2.71 bits per heavy atom. The largest absolute Gasteiger partial charge is 0.490 e. The molecule has 0 spiro atoms. The fourth-order valence-corrected chi connectivity index (χ4v) is 1.34. The highest BCUT2D eigenvalue weighted by Gasteiger charge is 2.16. The maximum atomic E-state index is 13.4. The third-order valence-electron chi connectivity index (χ3n) is 2.20. The van der Waals surface area contributed by atoms with Crippen LogP contribution >= 0.6 is 0 Å². The Bertz CT molecular complexity index is 409. The number of nitro groups is 1. The minimum Gasteiger partial charge on any atom is -0.490 e. The van der Waals surface area contributed by atoms with Crippen molar-refractivity contribution in [3.63, 3.8) is 0 Å². The molecule has 1 rings (SSSR count). The Labute approximate surface area is 98.3 Å². The second-order valence-electron chi connectivity index (χ2n) is 3.52. The van der Waals surface area contributed by atoms with Crippen LogP contribution in [-0.4, -0.2) is 25.2 Å². The molecule has 0 bridgehead atoms. The zero-order valence-electron chi connectivity index (χ0n) is 9.73. The number of ether oxygens (including phenoxy) is 2. The van der Waals surface area contributed by atoms with Crippen molar-refractivity contribution in [3.05, 3.63) is 33.6 Å². The van der Waals surface area contributed by atoms with E-state index in [1.807, 2.05) is 0 Å². The van der Waals surface area contributed by atoms with Crippen LogP contribution in [0.1, 0.15) is 12.0 Å². The van der Waals surface area contributed by atoms with E-state index in [0.717, 1.165) is 6.07 Å². The normalized spacial score (nSPS) is 10.3. The number of hydrogen-bond donors (Lipinski definition) is 0. The summed E-state index contributed by atoms with van der Waals surface area (Å²) in [5, 5.41) is 10.6. The molecule has 0 unspecified atom stereocenters. The highest BCUT2D eigenvalue weighted by atomic mass is 19.1. The summed E-state index contributed by atoms with van der Waals surface area (Å²) in [6, 6.07) is 2.21. The Hall–Kier alpha value is -1.69. The predicted octanol–water partition coefficient (Wildman–Crippen LogP) is 2.46. The van der Waals surface area contributed by atoms with Gasteiger partial charge in [0.25, 0.3) is 5.69 Å². The van der Waals surface area contributed by atoms with Crippen molar-refractivity contribution >= 4 is 5.69 Å². The molecular formula is C11H14FNO4. The SMILES string of the molecule is COCCCOc1cc(C)c([N+](=O)[O-])cc1F. The summed E-state index contributed by atoms with van der Waals surface area (Å²) in [5.41, 5.74) is 0.130. The Balaban J connectivity index is 2.74. The van der Waals surface area contributed by atoms with Gasteiger partial charge in [0.05, 0.1) is 17.6 Å². The Morgan fingerprint density at radius 1 is 1.41 bits per heavy atom. The fourth-order valence-electron chi connectivity index (χ4n) is 1.34. The van der Waals surface area contributed by atoms with E-state index in [2.05, 4.69) is 0 Å². The summed E-state index contributed by atoms with van der Waals surface area (Å²) in [4.78, 5) is 9.95. The first-order valence-electron chi connectivity index (χ1n) is 5.12. The van der Waals surface area contributed by atoms with Gasteiger partial charge in [0.15, 0.2) is 11.6 Å². The molecule has 94 valence electrons. The number of nitrogens with zero attached hydrogens (tertiary/aromatic N) is 1. The number of nitro benzene ring substituents is 1. The summed E-state index contributed by atoms with van der Waals surface area (Å²) in [5.74, 6) is -0.691. The quantitative estimate of drug-likeness (QED) is 0.437. The van der Waals surface area contributed by atoms with Crippen LogP contribution in [0.4, 0.5) is 10.1 Å². The number of aryl methyl sites for hydroxylation is 1. The number of halogens is 1. The molecule has 1 aromatic rings. The lowest BCUT2D eigenvalue weighted by atomic mass is 10.2. The highest BCUT2D eigenvalue weighted by Crippen LogP contribution is 2.26. The van der Waals surface area contributed by atoms with Gasteiger partial charge in [-0.1, -0.05) is 0 Å². The molecule has 0 N–H and O–H groups in total. The smallest absolute Gasteiger partial charge is 0.275 e. The maximum Gasteiger partial charge on any atom is 0.275 e. The third-order valence-corrected chi connectivity index (χ3v) is 2.20. The van der Waals surface area contributed by atoms with Crippen molar-refractivity contribution in [2.75, 3.05) is 20.3 Å². The molecule has 0 aliphatic carbocycles. The number of methoxy groups -OCH3 is 1. The molecule has 0 atom stereocenters. The second-order valence-corrected chi connectivity index (χ2v) is 3.52. The average molecular weight is 243 g/mol.